The molecule has 0 bridgehead atoms. The van der Waals surface area contributed by atoms with Gasteiger partial charge in [-0.05, 0) is 17.7 Å². The molecule has 8 heteroatoms. The molecule has 29 heavy (non-hydrogen) atoms. The van der Waals surface area contributed by atoms with Crippen molar-refractivity contribution in [3.8, 4) is 0 Å². The van der Waals surface area contributed by atoms with E-state index < -0.39 is 12.1 Å². The molecular weight excluding hydrogens is 370 g/mol. The summed E-state index contributed by atoms with van der Waals surface area (Å²) in [6.07, 6.45) is 3.68. The Hall–Kier alpha value is -3.42. The number of nitrogens with one attached hydrogen (secondary N) is 1. The van der Waals surface area contributed by atoms with E-state index in [-0.39, 0.29) is 24.4 Å². The van der Waals surface area contributed by atoms with Crippen LogP contribution in [-0.4, -0.2) is 76.3 Å². The Morgan fingerprint density at radius 2 is 1.79 bits per heavy atom. The highest BCUT2D eigenvalue weighted by Crippen LogP contribution is 2.23. The molecule has 0 unspecified atom stereocenters. The SMILES string of the molecule is CN1C(=O)[C@@H]2CN(C(=O)Nc3ccncc3)CCN2C(=O)[C@@H]1Cc1ccccc1. The largest absolute Gasteiger partial charge is 0.332 e. The van der Waals surface area contributed by atoms with Crippen LogP contribution in [0, 0.1) is 0 Å². The van der Waals surface area contributed by atoms with Crippen molar-refractivity contribution in [2.75, 3.05) is 32.0 Å². The maximum atomic E-state index is 13.1. The van der Waals surface area contributed by atoms with Crippen LogP contribution in [-0.2, 0) is 16.0 Å². The predicted molar refractivity (Wildman–Crippen MR) is 107 cm³/mol. The minimum atomic E-state index is -0.642. The first-order chi connectivity index (χ1) is 14.0. The number of carbonyl (C=O) groups is 3. The Bertz CT molecular complexity index is 905. The highest BCUT2D eigenvalue weighted by atomic mass is 16.2. The van der Waals surface area contributed by atoms with Crippen LogP contribution in [0.25, 0.3) is 0 Å². The van der Waals surface area contributed by atoms with Gasteiger partial charge in [-0.1, -0.05) is 30.3 Å². The summed E-state index contributed by atoms with van der Waals surface area (Å²) in [5, 5.41) is 2.80. The van der Waals surface area contributed by atoms with E-state index in [9.17, 15) is 14.4 Å². The first-order valence-corrected chi connectivity index (χ1v) is 9.61. The summed E-state index contributed by atoms with van der Waals surface area (Å²) in [6, 6.07) is 11.6. The van der Waals surface area contributed by atoms with Crippen LogP contribution in [0.5, 0.6) is 0 Å². The number of carbonyl (C=O) groups excluding carboxylic acids is 3. The Kier molecular flexibility index (Phi) is 5.16. The Morgan fingerprint density at radius 3 is 2.52 bits per heavy atom. The first kappa shape index (κ1) is 18.9. The number of pyridine rings is 1. The summed E-state index contributed by atoms with van der Waals surface area (Å²) in [6.45, 7) is 0.913. The lowest BCUT2D eigenvalue weighted by Gasteiger charge is -2.48. The number of piperazine rings is 2. The van der Waals surface area contributed by atoms with Gasteiger partial charge in [0.25, 0.3) is 0 Å². The van der Waals surface area contributed by atoms with Crippen molar-refractivity contribution in [3.05, 3.63) is 60.4 Å². The van der Waals surface area contributed by atoms with Crippen LogP contribution in [0.2, 0.25) is 0 Å². The van der Waals surface area contributed by atoms with Crippen molar-refractivity contribution in [2.45, 2.75) is 18.5 Å². The van der Waals surface area contributed by atoms with Crippen LogP contribution in [0.1, 0.15) is 5.56 Å². The molecule has 2 aliphatic heterocycles. The fraction of sp³-hybridized carbons (Fsp3) is 0.333. The van der Waals surface area contributed by atoms with Crippen molar-refractivity contribution < 1.29 is 14.4 Å². The molecule has 4 amide bonds. The van der Waals surface area contributed by atoms with E-state index in [4.69, 9.17) is 0 Å². The normalized spacial score (nSPS) is 21.8. The van der Waals surface area contributed by atoms with Gasteiger partial charge in [-0.3, -0.25) is 14.6 Å². The van der Waals surface area contributed by atoms with Gasteiger partial charge in [0.15, 0.2) is 0 Å². The number of amides is 4. The minimum Gasteiger partial charge on any atom is -0.332 e. The van der Waals surface area contributed by atoms with Crippen LogP contribution in [0.3, 0.4) is 0 Å². The second kappa shape index (κ2) is 7.90. The van der Waals surface area contributed by atoms with E-state index in [1.165, 1.54) is 4.90 Å². The first-order valence-electron chi connectivity index (χ1n) is 9.61. The Labute approximate surface area is 169 Å². The molecule has 3 heterocycles. The molecule has 0 saturated carbocycles. The molecule has 4 rings (SSSR count). The molecule has 2 saturated heterocycles. The van der Waals surface area contributed by atoms with Gasteiger partial charge in [-0.15, -0.1) is 0 Å². The zero-order valence-electron chi connectivity index (χ0n) is 16.2. The van der Waals surface area contributed by atoms with Gasteiger partial charge in [0.05, 0.1) is 6.54 Å². The van der Waals surface area contributed by atoms with E-state index in [1.54, 1.807) is 41.4 Å². The lowest BCUT2D eigenvalue weighted by Crippen LogP contribution is -2.70. The fourth-order valence-corrected chi connectivity index (χ4v) is 3.89. The molecular formula is C21H23N5O3. The lowest BCUT2D eigenvalue weighted by molar-refractivity contribution is -0.162. The molecule has 1 aromatic heterocycles. The van der Waals surface area contributed by atoms with E-state index in [0.717, 1.165) is 5.56 Å². The number of hydrogen-bond acceptors (Lipinski definition) is 4. The summed E-state index contributed by atoms with van der Waals surface area (Å²) >= 11 is 0. The van der Waals surface area contributed by atoms with Crippen molar-refractivity contribution in [1.82, 2.24) is 19.7 Å². The number of aromatic nitrogens is 1. The third-order valence-electron chi connectivity index (χ3n) is 5.54. The van der Waals surface area contributed by atoms with Gasteiger partial charge >= 0.3 is 6.03 Å². The molecule has 8 nitrogen and oxygen atoms in total. The lowest BCUT2D eigenvalue weighted by atomic mass is 9.97. The second-order valence-electron chi connectivity index (χ2n) is 7.31. The summed E-state index contributed by atoms with van der Waals surface area (Å²) in [5.74, 6) is -0.193. The van der Waals surface area contributed by atoms with Crippen molar-refractivity contribution >= 4 is 23.5 Å². The van der Waals surface area contributed by atoms with E-state index in [2.05, 4.69) is 10.3 Å². The average Bonchev–Trinajstić information content (AvgIpc) is 2.76. The number of hydrogen-bond donors (Lipinski definition) is 1. The molecule has 1 aromatic carbocycles. The number of benzene rings is 1. The molecule has 150 valence electrons. The molecule has 1 N–H and O–H groups in total. The van der Waals surface area contributed by atoms with Gasteiger partial charge in [0.1, 0.15) is 12.1 Å². The fourth-order valence-electron chi connectivity index (χ4n) is 3.89. The van der Waals surface area contributed by atoms with Crippen molar-refractivity contribution in [2.24, 2.45) is 0 Å². The maximum absolute atomic E-state index is 13.1. The molecule has 2 atom stereocenters. The minimum absolute atomic E-state index is 0.0601. The van der Waals surface area contributed by atoms with Crippen LogP contribution >= 0.6 is 0 Å². The number of rotatable bonds is 3. The van der Waals surface area contributed by atoms with Gasteiger partial charge < -0.3 is 20.0 Å². The van der Waals surface area contributed by atoms with E-state index in [1.807, 2.05) is 30.3 Å². The van der Waals surface area contributed by atoms with Gasteiger partial charge in [-0.25, -0.2) is 4.79 Å². The third kappa shape index (κ3) is 3.78. The third-order valence-corrected chi connectivity index (χ3v) is 5.54. The van der Waals surface area contributed by atoms with Gasteiger partial charge in [0, 0.05) is 44.6 Å². The standard InChI is InChI=1S/C21H23N5O3/c1-24-17(13-15-5-3-2-4-6-15)20(28)26-12-11-25(14-18(26)19(24)27)21(29)23-16-7-9-22-10-8-16/h2-10,17-18H,11-14H2,1H3,(H,22,23,29)/t17-,18-/m0/s1. The summed E-state index contributed by atoms with van der Waals surface area (Å²) in [7, 11) is 1.67. The summed E-state index contributed by atoms with van der Waals surface area (Å²) in [4.78, 5) is 47.3. The monoisotopic (exact) mass is 393 g/mol. The van der Waals surface area contributed by atoms with Crippen LogP contribution < -0.4 is 5.32 Å². The molecule has 2 aliphatic rings. The number of nitrogens with zero attached hydrogens (tertiary/aromatic N) is 4. The number of likely N-dealkylation sites (N-methyl/N-ethyl adjacent to an activating group) is 1. The van der Waals surface area contributed by atoms with Crippen molar-refractivity contribution in [1.29, 1.82) is 0 Å². The molecule has 2 fully saturated rings. The number of anilines is 1. The quantitative estimate of drug-likeness (QED) is 0.849. The number of urea groups is 1. The van der Waals surface area contributed by atoms with Gasteiger partial charge in [0.2, 0.25) is 11.8 Å². The Balaban J connectivity index is 1.45. The zero-order valence-corrected chi connectivity index (χ0v) is 16.2. The Morgan fingerprint density at radius 1 is 1.07 bits per heavy atom. The molecule has 2 aromatic rings. The summed E-state index contributed by atoms with van der Waals surface area (Å²) < 4.78 is 0. The number of fused-ring (bicyclic) bond motifs is 1. The molecule has 0 aliphatic carbocycles. The average molecular weight is 393 g/mol. The second-order valence-corrected chi connectivity index (χ2v) is 7.31. The van der Waals surface area contributed by atoms with E-state index in [0.29, 0.717) is 25.2 Å². The molecule has 0 spiro atoms. The van der Waals surface area contributed by atoms with E-state index >= 15 is 0 Å². The van der Waals surface area contributed by atoms with Crippen molar-refractivity contribution in [3.63, 3.8) is 0 Å². The van der Waals surface area contributed by atoms with Crippen LogP contribution in [0.4, 0.5) is 10.5 Å². The molecule has 0 radical (unpaired) electrons. The predicted octanol–water partition coefficient (Wildman–Crippen LogP) is 1.21. The topological polar surface area (TPSA) is 85.8 Å². The van der Waals surface area contributed by atoms with Gasteiger partial charge in [-0.2, -0.15) is 0 Å². The zero-order chi connectivity index (χ0) is 20.4. The summed E-state index contributed by atoms with van der Waals surface area (Å²) in [5.41, 5.74) is 1.65. The highest BCUT2D eigenvalue weighted by molar-refractivity contribution is 5.98. The highest BCUT2D eigenvalue weighted by Gasteiger charge is 2.47. The maximum Gasteiger partial charge on any atom is 0.321 e. The van der Waals surface area contributed by atoms with Crippen LogP contribution in [0.15, 0.2) is 54.9 Å². The smallest absolute Gasteiger partial charge is 0.321 e.